The number of benzene rings is 1. The fourth-order valence-corrected chi connectivity index (χ4v) is 2.93. The molecule has 0 saturated heterocycles. The van der Waals surface area contributed by atoms with Crippen molar-refractivity contribution in [3.8, 4) is 11.5 Å². The summed E-state index contributed by atoms with van der Waals surface area (Å²) in [6.07, 6.45) is 0. The molecule has 1 aliphatic rings. The highest BCUT2D eigenvalue weighted by molar-refractivity contribution is 7.15. The molecule has 3 rings (SSSR count). The number of esters is 1. The van der Waals surface area contributed by atoms with Crippen LogP contribution in [0.3, 0.4) is 0 Å². The molecular formula is C17H14O6S. The first-order valence-corrected chi connectivity index (χ1v) is 8.07. The fourth-order valence-electron chi connectivity index (χ4n) is 2.14. The average Bonchev–Trinajstić information content (AvgIpc) is 3.09. The van der Waals surface area contributed by atoms with Gasteiger partial charge in [-0.15, -0.1) is 11.3 Å². The molecule has 0 unspecified atom stereocenters. The van der Waals surface area contributed by atoms with Crippen molar-refractivity contribution in [2.45, 2.75) is 6.92 Å². The topological polar surface area (TPSA) is 78.9 Å². The van der Waals surface area contributed by atoms with Crippen LogP contribution in [0.1, 0.15) is 36.6 Å². The maximum atomic E-state index is 12.2. The predicted molar refractivity (Wildman–Crippen MR) is 86.4 cm³/mol. The standard InChI is InChI=1S/C17H14O6S/c1-10(18)15-4-5-16(24-15)17(20)23-9-12(19)11-2-3-13-14(8-11)22-7-6-21-13/h2-5,8H,6-7,9H2,1H3. The minimum Gasteiger partial charge on any atom is -0.486 e. The molecule has 7 heteroatoms. The maximum absolute atomic E-state index is 12.2. The number of fused-ring (bicyclic) bond motifs is 1. The Kier molecular flexibility index (Phi) is 4.61. The van der Waals surface area contributed by atoms with Gasteiger partial charge in [0.05, 0.1) is 4.88 Å². The molecule has 6 nitrogen and oxygen atoms in total. The average molecular weight is 346 g/mol. The maximum Gasteiger partial charge on any atom is 0.348 e. The van der Waals surface area contributed by atoms with E-state index in [1.54, 1.807) is 24.3 Å². The summed E-state index contributed by atoms with van der Waals surface area (Å²) in [5, 5.41) is 0. The Hall–Kier alpha value is -2.67. The molecule has 0 bridgehead atoms. The van der Waals surface area contributed by atoms with Gasteiger partial charge in [0.2, 0.25) is 0 Å². The van der Waals surface area contributed by atoms with Crippen LogP contribution in [-0.4, -0.2) is 37.4 Å². The lowest BCUT2D eigenvalue weighted by Gasteiger charge is -2.18. The third-order valence-corrected chi connectivity index (χ3v) is 4.52. The lowest BCUT2D eigenvalue weighted by atomic mass is 10.1. The Morgan fingerprint density at radius 3 is 2.46 bits per heavy atom. The van der Waals surface area contributed by atoms with E-state index in [1.165, 1.54) is 13.0 Å². The lowest BCUT2D eigenvalue weighted by Crippen LogP contribution is -2.17. The third kappa shape index (κ3) is 3.46. The van der Waals surface area contributed by atoms with Crippen molar-refractivity contribution >= 4 is 28.9 Å². The molecule has 124 valence electrons. The summed E-state index contributed by atoms with van der Waals surface area (Å²) >= 11 is 1.04. The Labute approximate surface area is 142 Å². The molecular weight excluding hydrogens is 332 g/mol. The van der Waals surface area contributed by atoms with Crippen molar-refractivity contribution in [3.63, 3.8) is 0 Å². The van der Waals surface area contributed by atoms with Gasteiger partial charge < -0.3 is 14.2 Å². The van der Waals surface area contributed by atoms with Crippen molar-refractivity contribution < 1.29 is 28.6 Å². The van der Waals surface area contributed by atoms with E-state index in [-0.39, 0.29) is 23.1 Å². The number of hydrogen-bond donors (Lipinski definition) is 0. The van der Waals surface area contributed by atoms with Gasteiger partial charge in [-0.05, 0) is 37.3 Å². The predicted octanol–water partition coefficient (Wildman–Crippen LogP) is 2.76. The van der Waals surface area contributed by atoms with Crippen LogP contribution in [0.5, 0.6) is 11.5 Å². The number of carbonyl (C=O) groups is 3. The second-order valence-corrected chi connectivity index (χ2v) is 6.16. The van der Waals surface area contributed by atoms with E-state index >= 15 is 0 Å². The molecule has 0 amide bonds. The normalized spacial score (nSPS) is 12.5. The first-order valence-electron chi connectivity index (χ1n) is 7.25. The number of ether oxygens (including phenoxy) is 3. The smallest absolute Gasteiger partial charge is 0.348 e. The zero-order valence-electron chi connectivity index (χ0n) is 12.9. The summed E-state index contributed by atoms with van der Waals surface area (Å²) in [4.78, 5) is 36.1. The number of rotatable bonds is 5. The lowest BCUT2D eigenvalue weighted by molar-refractivity contribution is 0.0479. The summed E-state index contributed by atoms with van der Waals surface area (Å²) in [6, 6.07) is 7.90. The van der Waals surface area contributed by atoms with Gasteiger partial charge in [0.25, 0.3) is 0 Å². The number of ketones is 2. The van der Waals surface area contributed by atoms with Crippen molar-refractivity contribution in [2.24, 2.45) is 0 Å². The molecule has 0 N–H and O–H groups in total. The molecule has 0 saturated carbocycles. The van der Waals surface area contributed by atoms with E-state index in [4.69, 9.17) is 14.2 Å². The molecule has 0 atom stereocenters. The molecule has 1 aromatic heterocycles. The summed E-state index contributed by atoms with van der Waals surface area (Å²) in [7, 11) is 0. The van der Waals surface area contributed by atoms with Gasteiger partial charge in [0.15, 0.2) is 29.7 Å². The minimum atomic E-state index is -0.626. The Balaban J connectivity index is 1.62. The number of thiophene rings is 1. The van der Waals surface area contributed by atoms with Crippen LogP contribution in [0, 0.1) is 0 Å². The van der Waals surface area contributed by atoms with Crippen molar-refractivity contribution in [3.05, 3.63) is 45.6 Å². The Morgan fingerprint density at radius 1 is 1.04 bits per heavy atom. The van der Waals surface area contributed by atoms with E-state index < -0.39 is 5.97 Å². The molecule has 0 aliphatic carbocycles. The molecule has 1 aliphatic heterocycles. The summed E-state index contributed by atoms with van der Waals surface area (Å²) < 4.78 is 15.8. The van der Waals surface area contributed by atoms with Crippen molar-refractivity contribution in [1.82, 2.24) is 0 Å². The number of carbonyl (C=O) groups excluding carboxylic acids is 3. The zero-order valence-corrected chi connectivity index (χ0v) is 13.7. The summed E-state index contributed by atoms with van der Waals surface area (Å²) in [5.74, 6) is 0.00129. The Bertz CT molecular complexity index is 807. The second-order valence-electron chi connectivity index (χ2n) is 5.08. The first-order chi connectivity index (χ1) is 11.5. The summed E-state index contributed by atoms with van der Waals surface area (Å²) in [6.45, 7) is 1.94. The van der Waals surface area contributed by atoms with Gasteiger partial charge >= 0.3 is 5.97 Å². The van der Waals surface area contributed by atoms with Crippen LogP contribution in [-0.2, 0) is 4.74 Å². The first kappa shape index (κ1) is 16.2. The molecule has 0 radical (unpaired) electrons. The second kappa shape index (κ2) is 6.84. The SMILES string of the molecule is CC(=O)c1ccc(C(=O)OCC(=O)c2ccc3c(c2)OCCO3)s1. The molecule has 2 heterocycles. The number of Topliss-reactive ketones (excluding diaryl/α,β-unsaturated/α-hetero) is 2. The van der Waals surface area contributed by atoms with E-state index in [0.29, 0.717) is 35.2 Å². The highest BCUT2D eigenvalue weighted by atomic mass is 32.1. The van der Waals surface area contributed by atoms with Crippen LogP contribution >= 0.6 is 11.3 Å². The van der Waals surface area contributed by atoms with Crippen molar-refractivity contribution in [1.29, 1.82) is 0 Å². The fraction of sp³-hybridized carbons (Fsp3) is 0.235. The van der Waals surface area contributed by atoms with E-state index in [1.807, 2.05) is 0 Å². The minimum absolute atomic E-state index is 0.119. The number of hydrogen-bond acceptors (Lipinski definition) is 7. The van der Waals surface area contributed by atoms with Crippen LogP contribution in [0.4, 0.5) is 0 Å². The van der Waals surface area contributed by atoms with E-state index in [9.17, 15) is 14.4 Å². The summed E-state index contributed by atoms with van der Waals surface area (Å²) in [5.41, 5.74) is 0.377. The van der Waals surface area contributed by atoms with Crippen LogP contribution in [0.25, 0.3) is 0 Å². The zero-order chi connectivity index (χ0) is 17.1. The van der Waals surface area contributed by atoms with E-state index in [2.05, 4.69) is 0 Å². The molecule has 0 fully saturated rings. The highest BCUT2D eigenvalue weighted by Gasteiger charge is 2.18. The van der Waals surface area contributed by atoms with Crippen LogP contribution < -0.4 is 9.47 Å². The Morgan fingerprint density at radius 2 is 1.75 bits per heavy atom. The quantitative estimate of drug-likeness (QED) is 0.612. The molecule has 1 aromatic carbocycles. The van der Waals surface area contributed by atoms with Gasteiger partial charge in [-0.2, -0.15) is 0 Å². The molecule has 0 spiro atoms. The van der Waals surface area contributed by atoms with Gasteiger partial charge in [0.1, 0.15) is 18.1 Å². The van der Waals surface area contributed by atoms with Gasteiger partial charge in [-0.25, -0.2) is 4.79 Å². The van der Waals surface area contributed by atoms with E-state index in [0.717, 1.165) is 11.3 Å². The van der Waals surface area contributed by atoms with Gasteiger partial charge in [-0.3, -0.25) is 9.59 Å². The van der Waals surface area contributed by atoms with Gasteiger partial charge in [-0.1, -0.05) is 0 Å². The van der Waals surface area contributed by atoms with Crippen molar-refractivity contribution in [2.75, 3.05) is 19.8 Å². The van der Waals surface area contributed by atoms with Crippen LogP contribution in [0.2, 0.25) is 0 Å². The molecule has 24 heavy (non-hydrogen) atoms. The molecule has 2 aromatic rings. The monoisotopic (exact) mass is 346 g/mol. The third-order valence-electron chi connectivity index (χ3n) is 3.35. The highest BCUT2D eigenvalue weighted by Crippen LogP contribution is 2.30. The van der Waals surface area contributed by atoms with Gasteiger partial charge in [0, 0.05) is 5.56 Å². The van der Waals surface area contributed by atoms with Crippen LogP contribution in [0.15, 0.2) is 30.3 Å². The largest absolute Gasteiger partial charge is 0.486 e.